The summed E-state index contributed by atoms with van der Waals surface area (Å²) in [6.45, 7) is 11.8. The SMILES string of the molecule is CC(C)(C)C(CC(C)(C)C(CC(=O)c1ccccc1)c1ccccc1)C1=CC=CCC1. The standard InChI is InChI=1S/C30H38O/c1-29(2,3)27(24-17-11-7-12-18-24)22-30(4,5)26(23-15-9-6-10-16-23)21-28(31)25-19-13-8-14-20-25/h6-11,13-17,19-20,26-27H,12,18,21-22H2,1-5H3. The fraction of sp³-hybridized carbons (Fsp3) is 0.433. The molecule has 0 spiro atoms. The fourth-order valence-electron chi connectivity index (χ4n) is 5.03. The first-order chi connectivity index (χ1) is 14.7. The summed E-state index contributed by atoms with van der Waals surface area (Å²) < 4.78 is 0. The molecule has 0 N–H and O–H groups in total. The lowest BCUT2D eigenvalue weighted by molar-refractivity contribution is 0.0918. The largest absolute Gasteiger partial charge is 0.294 e. The van der Waals surface area contributed by atoms with E-state index in [9.17, 15) is 4.79 Å². The molecule has 2 atom stereocenters. The Labute approximate surface area is 189 Å². The maximum Gasteiger partial charge on any atom is 0.163 e. The van der Waals surface area contributed by atoms with Gasteiger partial charge in [0.15, 0.2) is 5.78 Å². The van der Waals surface area contributed by atoms with Crippen molar-refractivity contribution >= 4 is 5.78 Å². The van der Waals surface area contributed by atoms with Gasteiger partial charge in [0.1, 0.15) is 0 Å². The van der Waals surface area contributed by atoms with Gasteiger partial charge in [-0.1, -0.05) is 119 Å². The van der Waals surface area contributed by atoms with Crippen LogP contribution >= 0.6 is 0 Å². The van der Waals surface area contributed by atoms with E-state index >= 15 is 0 Å². The van der Waals surface area contributed by atoms with E-state index in [-0.39, 0.29) is 22.5 Å². The van der Waals surface area contributed by atoms with Gasteiger partial charge in [-0.3, -0.25) is 4.79 Å². The van der Waals surface area contributed by atoms with E-state index < -0.39 is 0 Å². The van der Waals surface area contributed by atoms with Gasteiger partial charge in [0.05, 0.1) is 0 Å². The Kier molecular flexibility index (Phi) is 7.36. The molecule has 0 radical (unpaired) electrons. The molecule has 1 heteroatoms. The highest BCUT2D eigenvalue weighted by Crippen LogP contribution is 2.49. The number of allylic oxidation sites excluding steroid dienone is 4. The highest BCUT2D eigenvalue weighted by molar-refractivity contribution is 5.96. The highest BCUT2D eigenvalue weighted by Gasteiger charge is 2.39. The second kappa shape index (κ2) is 9.81. The molecule has 1 aliphatic carbocycles. The third-order valence-electron chi connectivity index (χ3n) is 6.90. The first kappa shape index (κ1) is 23.3. The maximum absolute atomic E-state index is 13.2. The van der Waals surface area contributed by atoms with Crippen molar-refractivity contribution in [1.82, 2.24) is 0 Å². The first-order valence-corrected chi connectivity index (χ1v) is 11.7. The molecular weight excluding hydrogens is 376 g/mol. The molecule has 0 heterocycles. The van der Waals surface area contributed by atoms with Gasteiger partial charge < -0.3 is 0 Å². The monoisotopic (exact) mass is 414 g/mol. The molecule has 0 aromatic heterocycles. The molecule has 1 nitrogen and oxygen atoms in total. The molecule has 0 bridgehead atoms. The van der Waals surface area contributed by atoms with Crippen molar-refractivity contribution in [2.75, 3.05) is 0 Å². The lowest BCUT2D eigenvalue weighted by Gasteiger charge is -2.43. The van der Waals surface area contributed by atoms with E-state index in [0.29, 0.717) is 12.3 Å². The molecule has 2 aromatic rings. The minimum atomic E-state index is -0.0221. The smallest absolute Gasteiger partial charge is 0.163 e. The Balaban J connectivity index is 1.93. The molecule has 2 unspecified atom stereocenters. The fourth-order valence-corrected chi connectivity index (χ4v) is 5.03. The molecule has 0 fully saturated rings. The van der Waals surface area contributed by atoms with Gasteiger partial charge in [-0.15, -0.1) is 0 Å². The van der Waals surface area contributed by atoms with Gasteiger partial charge in [0, 0.05) is 12.0 Å². The van der Waals surface area contributed by atoms with Crippen LogP contribution in [0.5, 0.6) is 0 Å². The van der Waals surface area contributed by atoms with Crippen LogP contribution in [0.2, 0.25) is 0 Å². The molecule has 0 saturated heterocycles. The van der Waals surface area contributed by atoms with Crippen molar-refractivity contribution in [2.24, 2.45) is 16.7 Å². The van der Waals surface area contributed by atoms with Crippen LogP contribution in [-0.4, -0.2) is 5.78 Å². The van der Waals surface area contributed by atoms with Crippen molar-refractivity contribution in [2.45, 2.75) is 66.2 Å². The number of Topliss-reactive ketones (excluding diaryl/α,β-unsaturated/α-hetero) is 1. The predicted molar refractivity (Wildman–Crippen MR) is 132 cm³/mol. The Hall–Kier alpha value is -2.41. The van der Waals surface area contributed by atoms with Crippen LogP contribution in [0.3, 0.4) is 0 Å². The zero-order chi connectivity index (χ0) is 22.5. The zero-order valence-corrected chi connectivity index (χ0v) is 19.9. The topological polar surface area (TPSA) is 17.1 Å². The quantitative estimate of drug-likeness (QED) is 0.396. The molecule has 0 amide bonds. The van der Waals surface area contributed by atoms with Crippen LogP contribution in [0.15, 0.2) is 84.5 Å². The van der Waals surface area contributed by atoms with Crippen LogP contribution in [-0.2, 0) is 0 Å². The minimum Gasteiger partial charge on any atom is -0.294 e. The van der Waals surface area contributed by atoms with Gasteiger partial charge in [0.2, 0.25) is 0 Å². The highest BCUT2D eigenvalue weighted by atomic mass is 16.1. The van der Waals surface area contributed by atoms with Crippen LogP contribution in [0.4, 0.5) is 0 Å². The average Bonchev–Trinajstić information content (AvgIpc) is 2.76. The summed E-state index contributed by atoms with van der Waals surface area (Å²) in [6, 6.07) is 20.4. The van der Waals surface area contributed by atoms with Gasteiger partial charge in [0.25, 0.3) is 0 Å². The van der Waals surface area contributed by atoms with Gasteiger partial charge in [-0.2, -0.15) is 0 Å². The third kappa shape index (κ3) is 6.06. The summed E-state index contributed by atoms with van der Waals surface area (Å²) in [5.41, 5.74) is 3.79. The molecule has 31 heavy (non-hydrogen) atoms. The minimum absolute atomic E-state index is 0.0221. The predicted octanol–water partition coefficient (Wildman–Crippen LogP) is 8.40. The average molecular weight is 415 g/mol. The summed E-state index contributed by atoms with van der Waals surface area (Å²) >= 11 is 0. The van der Waals surface area contributed by atoms with Gasteiger partial charge >= 0.3 is 0 Å². The van der Waals surface area contributed by atoms with Crippen molar-refractivity contribution in [3.8, 4) is 0 Å². The Bertz CT molecular complexity index is 910. The molecule has 3 rings (SSSR count). The number of hydrogen-bond acceptors (Lipinski definition) is 1. The number of carbonyl (C=O) groups is 1. The number of ketones is 1. The van der Waals surface area contributed by atoms with E-state index in [1.165, 1.54) is 5.56 Å². The molecule has 0 aliphatic heterocycles. The molecule has 2 aromatic carbocycles. The summed E-state index contributed by atoms with van der Waals surface area (Å²) in [6.07, 6.45) is 10.7. The van der Waals surface area contributed by atoms with Gasteiger partial charge in [-0.05, 0) is 47.5 Å². The van der Waals surface area contributed by atoms with Crippen molar-refractivity contribution < 1.29 is 4.79 Å². The summed E-state index contributed by atoms with van der Waals surface area (Å²) in [5, 5.41) is 0. The molecular formula is C30H38O. The normalized spacial score (nSPS) is 16.5. The maximum atomic E-state index is 13.2. The van der Waals surface area contributed by atoms with E-state index in [1.807, 2.05) is 30.3 Å². The molecule has 1 aliphatic rings. The van der Waals surface area contributed by atoms with E-state index in [1.54, 1.807) is 5.57 Å². The van der Waals surface area contributed by atoms with E-state index in [0.717, 1.165) is 24.8 Å². The van der Waals surface area contributed by atoms with Gasteiger partial charge in [-0.25, -0.2) is 0 Å². The van der Waals surface area contributed by atoms with E-state index in [2.05, 4.69) is 83.2 Å². The van der Waals surface area contributed by atoms with Crippen LogP contribution in [0, 0.1) is 16.7 Å². The number of rotatable bonds is 8. The Morgan fingerprint density at radius 3 is 2.03 bits per heavy atom. The summed E-state index contributed by atoms with van der Waals surface area (Å²) in [5.74, 6) is 0.895. The number of hydrogen-bond donors (Lipinski definition) is 0. The lowest BCUT2D eigenvalue weighted by atomic mass is 9.61. The van der Waals surface area contributed by atoms with Crippen LogP contribution in [0.25, 0.3) is 0 Å². The molecule has 0 saturated carbocycles. The number of carbonyl (C=O) groups excluding carboxylic acids is 1. The lowest BCUT2D eigenvalue weighted by Crippen LogP contribution is -2.33. The second-order valence-electron chi connectivity index (χ2n) is 10.8. The van der Waals surface area contributed by atoms with Crippen LogP contribution in [0.1, 0.15) is 82.1 Å². The van der Waals surface area contributed by atoms with Crippen molar-refractivity contribution in [3.63, 3.8) is 0 Å². The summed E-state index contributed by atoms with van der Waals surface area (Å²) in [7, 11) is 0. The van der Waals surface area contributed by atoms with Crippen molar-refractivity contribution in [3.05, 3.63) is 95.6 Å². The zero-order valence-electron chi connectivity index (χ0n) is 19.9. The number of benzene rings is 2. The Morgan fingerprint density at radius 2 is 1.48 bits per heavy atom. The first-order valence-electron chi connectivity index (χ1n) is 11.7. The third-order valence-corrected chi connectivity index (χ3v) is 6.90. The molecule has 164 valence electrons. The van der Waals surface area contributed by atoms with Crippen LogP contribution < -0.4 is 0 Å². The van der Waals surface area contributed by atoms with E-state index in [4.69, 9.17) is 0 Å². The second-order valence-corrected chi connectivity index (χ2v) is 10.8. The Morgan fingerprint density at radius 1 is 0.871 bits per heavy atom. The summed E-state index contributed by atoms with van der Waals surface area (Å²) in [4.78, 5) is 13.2. The van der Waals surface area contributed by atoms with Crippen molar-refractivity contribution in [1.29, 1.82) is 0 Å².